The number of para-hydroxylation sites is 2. The maximum atomic E-state index is 13.8. The monoisotopic (exact) mass is 394 g/mol. The van der Waals surface area contributed by atoms with Crippen molar-refractivity contribution in [3.05, 3.63) is 67.0 Å². The molecule has 0 atom stereocenters. The van der Waals surface area contributed by atoms with E-state index in [1.807, 2.05) is 30.3 Å². The lowest BCUT2D eigenvalue weighted by molar-refractivity contribution is 0.0656. The lowest BCUT2D eigenvalue weighted by Crippen LogP contribution is -2.02. The van der Waals surface area contributed by atoms with Gasteiger partial charge in [0.25, 0.3) is 5.78 Å². The van der Waals surface area contributed by atoms with Crippen LogP contribution in [-0.2, 0) is 0 Å². The average molecular weight is 394 g/mol. The van der Waals surface area contributed by atoms with E-state index in [0.717, 1.165) is 21.9 Å². The molecule has 6 nitrogen and oxygen atoms in total. The second-order valence-electron chi connectivity index (χ2n) is 5.95. The van der Waals surface area contributed by atoms with E-state index in [-0.39, 0.29) is 5.16 Å². The van der Waals surface area contributed by atoms with Gasteiger partial charge in [0.1, 0.15) is 11.4 Å². The maximum Gasteiger partial charge on any atom is 0.321 e. The summed E-state index contributed by atoms with van der Waals surface area (Å²) >= 11 is 1.10. The Morgan fingerprint density at radius 2 is 1.71 bits per heavy atom. The molecule has 0 N–H and O–H groups in total. The number of hydrogen-bond acceptors (Lipinski definition) is 5. The first-order valence-electron chi connectivity index (χ1n) is 8.40. The largest absolute Gasteiger partial charge is 0.321 e. The second-order valence-corrected chi connectivity index (χ2v) is 6.94. The van der Waals surface area contributed by atoms with Crippen molar-refractivity contribution in [2.24, 2.45) is 0 Å². The minimum atomic E-state index is -2.71. The van der Waals surface area contributed by atoms with Crippen LogP contribution in [0, 0.1) is 0 Å². The van der Waals surface area contributed by atoms with Gasteiger partial charge in [-0.25, -0.2) is 9.97 Å². The number of imidazole rings is 1. The van der Waals surface area contributed by atoms with Gasteiger partial charge in [0.2, 0.25) is 0 Å². The average Bonchev–Trinajstić information content (AvgIpc) is 3.32. The Morgan fingerprint density at radius 3 is 2.54 bits per heavy atom. The van der Waals surface area contributed by atoms with E-state index in [0.29, 0.717) is 27.5 Å². The molecule has 0 aliphatic heterocycles. The second kappa shape index (κ2) is 6.68. The Bertz CT molecular complexity index is 1280. The maximum absolute atomic E-state index is 13.8. The molecule has 5 aromatic rings. The quantitative estimate of drug-likeness (QED) is 0.414. The van der Waals surface area contributed by atoms with Crippen LogP contribution in [0.15, 0.2) is 77.2 Å². The number of alkyl halides is 2. The molecule has 0 amide bonds. The van der Waals surface area contributed by atoms with E-state index in [2.05, 4.69) is 20.1 Å². The van der Waals surface area contributed by atoms with Crippen molar-refractivity contribution in [1.29, 1.82) is 0 Å². The van der Waals surface area contributed by atoms with E-state index in [9.17, 15) is 8.78 Å². The van der Waals surface area contributed by atoms with E-state index >= 15 is 0 Å². The molecule has 0 bridgehead atoms. The summed E-state index contributed by atoms with van der Waals surface area (Å²) in [6.07, 6.45) is 1.39. The van der Waals surface area contributed by atoms with E-state index in [4.69, 9.17) is 0 Å². The molecule has 138 valence electrons. The molecular formula is C19H12F2N6S. The molecule has 0 aliphatic carbocycles. The third-order valence-electron chi connectivity index (χ3n) is 4.24. The molecule has 0 spiro atoms. The fourth-order valence-electron chi connectivity index (χ4n) is 2.99. The van der Waals surface area contributed by atoms with E-state index in [1.165, 1.54) is 10.8 Å². The van der Waals surface area contributed by atoms with Crippen LogP contribution in [0.5, 0.6) is 0 Å². The molecule has 0 fully saturated rings. The molecule has 0 saturated heterocycles. The molecule has 9 heteroatoms. The van der Waals surface area contributed by atoms with Crippen LogP contribution in [0.4, 0.5) is 8.78 Å². The Kier molecular flexibility index (Phi) is 4.01. The highest BCUT2D eigenvalue weighted by Crippen LogP contribution is 2.34. The minimum Gasteiger partial charge on any atom is -0.261 e. The van der Waals surface area contributed by atoms with Crippen LogP contribution in [0.1, 0.15) is 6.55 Å². The summed E-state index contributed by atoms with van der Waals surface area (Å²) in [4.78, 5) is 13.1. The lowest BCUT2D eigenvalue weighted by atomic mass is 10.1. The van der Waals surface area contributed by atoms with Crippen molar-refractivity contribution in [2.75, 3.05) is 0 Å². The summed E-state index contributed by atoms with van der Waals surface area (Å²) in [5.74, 6) is 0.392. The Balaban J connectivity index is 1.67. The first-order chi connectivity index (χ1) is 13.7. The molecular weight excluding hydrogens is 382 g/mol. The van der Waals surface area contributed by atoms with Crippen LogP contribution in [0.25, 0.3) is 28.1 Å². The molecule has 3 aromatic heterocycles. The Labute approximate surface area is 161 Å². The van der Waals surface area contributed by atoms with Crippen molar-refractivity contribution >= 4 is 28.6 Å². The molecule has 0 saturated carbocycles. The standard InChI is InChI=1S/C19H12F2N6S/c20-17(21)26-15-9-5-4-8-13(15)25-19(26)28-16-10-14(12-6-2-1-3-7-12)24-18-22-11-23-27(16)18/h1-11,17H. The third-order valence-corrected chi connectivity index (χ3v) is 5.21. The van der Waals surface area contributed by atoms with Crippen molar-refractivity contribution in [2.45, 2.75) is 16.7 Å². The third kappa shape index (κ3) is 2.80. The zero-order valence-corrected chi connectivity index (χ0v) is 15.1. The van der Waals surface area contributed by atoms with Crippen LogP contribution >= 0.6 is 11.8 Å². The molecule has 0 aliphatic rings. The van der Waals surface area contributed by atoms with Crippen molar-refractivity contribution < 1.29 is 8.78 Å². The number of halogens is 2. The summed E-state index contributed by atoms with van der Waals surface area (Å²) in [6, 6.07) is 18.2. The highest BCUT2D eigenvalue weighted by Gasteiger charge is 2.20. The predicted molar refractivity (Wildman–Crippen MR) is 101 cm³/mol. The van der Waals surface area contributed by atoms with Gasteiger partial charge in [-0.05, 0) is 30.0 Å². The number of benzene rings is 2. The highest BCUT2D eigenvalue weighted by atomic mass is 32.2. The fraction of sp³-hybridized carbons (Fsp3) is 0.0526. The lowest BCUT2D eigenvalue weighted by Gasteiger charge is -2.09. The smallest absolute Gasteiger partial charge is 0.261 e. The number of aromatic nitrogens is 6. The summed E-state index contributed by atoms with van der Waals surface area (Å²) < 4.78 is 30.0. The topological polar surface area (TPSA) is 60.9 Å². The SMILES string of the molecule is FC(F)n1c(Sc2cc(-c3ccccc3)nc3ncnn23)nc2ccccc21. The van der Waals surface area contributed by atoms with E-state index < -0.39 is 6.55 Å². The zero-order chi connectivity index (χ0) is 19.1. The van der Waals surface area contributed by atoms with Gasteiger partial charge in [-0.3, -0.25) is 4.57 Å². The van der Waals surface area contributed by atoms with Gasteiger partial charge in [-0.2, -0.15) is 23.4 Å². The summed E-state index contributed by atoms with van der Waals surface area (Å²) in [6.45, 7) is -2.71. The van der Waals surface area contributed by atoms with Crippen LogP contribution in [0.2, 0.25) is 0 Å². The molecule has 5 rings (SSSR count). The molecule has 3 heterocycles. The number of nitrogens with zero attached hydrogens (tertiary/aromatic N) is 6. The predicted octanol–water partition coefficient (Wildman–Crippen LogP) is 4.69. The molecule has 0 unspecified atom stereocenters. The van der Waals surface area contributed by atoms with Crippen molar-refractivity contribution in [3.8, 4) is 11.3 Å². The van der Waals surface area contributed by atoms with Crippen LogP contribution in [0.3, 0.4) is 0 Å². The Morgan fingerprint density at radius 1 is 0.929 bits per heavy atom. The van der Waals surface area contributed by atoms with Gasteiger partial charge in [-0.1, -0.05) is 42.5 Å². The van der Waals surface area contributed by atoms with Crippen LogP contribution in [-0.4, -0.2) is 29.1 Å². The summed E-state index contributed by atoms with van der Waals surface area (Å²) in [5.41, 5.74) is 2.48. The number of fused-ring (bicyclic) bond motifs is 2. The van der Waals surface area contributed by atoms with Crippen LogP contribution < -0.4 is 0 Å². The van der Waals surface area contributed by atoms with Crippen molar-refractivity contribution in [1.82, 2.24) is 29.1 Å². The van der Waals surface area contributed by atoms with Gasteiger partial charge >= 0.3 is 6.55 Å². The van der Waals surface area contributed by atoms with Gasteiger partial charge in [0, 0.05) is 5.56 Å². The van der Waals surface area contributed by atoms with Gasteiger partial charge in [0.05, 0.1) is 16.7 Å². The van der Waals surface area contributed by atoms with Gasteiger partial charge in [-0.15, -0.1) is 0 Å². The zero-order valence-electron chi connectivity index (χ0n) is 14.3. The summed E-state index contributed by atoms with van der Waals surface area (Å²) in [7, 11) is 0. The fourth-order valence-corrected chi connectivity index (χ4v) is 3.98. The first-order valence-corrected chi connectivity index (χ1v) is 9.21. The number of hydrogen-bond donors (Lipinski definition) is 0. The molecule has 28 heavy (non-hydrogen) atoms. The molecule has 2 aromatic carbocycles. The Hall–Kier alpha value is -3.33. The first kappa shape index (κ1) is 16.8. The van der Waals surface area contributed by atoms with Gasteiger partial charge < -0.3 is 0 Å². The minimum absolute atomic E-state index is 0.179. The van der Waals surface area contributed by atoms with Gasteiger partial charge in [0.15, 0.2) is 5.16 Å². The summed E-state index contributed by atoms with van der Waals surface area (Å²) in [5, 5.41) is 4.95. The normalized spacial score (nSPS) is 11.7. The molecule has 0 radical (unpaired) electrons. The number of rotatable bonds is 4. The van der Waals surface area contributed by atoms with Crippen molar-refractivity contribution in [3.63, 3.8) is 0 Å². The van der Waals surface area contributed by atoms with E-state index in [1.54, 1.807) is 30.3 Å². The highest BCUT2D eigenvalue weighted by molar-refractivity contribution is 7.99.